The van der Waals surface area contributed by atoms with Gasteiger partial charge in [0, 0.05) is 37.3 Å². The van der Waals surface area contributed by atoms with Crippen LogP contribution < -0.4 is 10.6 Å². The van der Waals surface area contributed by atoms with E-state index >= 15 is 0 Å². The lowest BCUT2D eigenvalue weighted by atomic mass is 10.00. The van der Waals surface area contributed by atoms with Crippen LogP contribution in [0, 0.1) is 5.92 Å². The summed E-state index contributed by atoms with van der Waals surface area (Å²) in [6, 6.07) is -2.16. The van der Waals surface area contributed by atoms with Crippen LogP contribution in [0.5, 0.6) is 0 Å². The van der Waals surface area contributed by atoms with Crippen molar-refractivity contribution in [3.8, 4) is 0 Å². The number of hydrogen-bond donors (Lipinski definition) is 3. The number of aromatic nitrogens is 1. The average Bonchev–Trinajstić information content (AvgIpc) is 3.17. The molecule has 156 valence electrons. The first kappa shape index (κ1) is 22.3. The number of carbonyl (C=O) groups is 3. The van der Waals surface area contributed by atoms with Crippen LogP contribution in [-0.4, -0.2) is 82.5 Å². The molecule has 1 aliphatic heterocycles. The maximum Gasteiger partial charge on any atom is 0.327 e. The summed E-state index contributed by atoms with van der Waals surface area (Å²) in [5, 5.41) is 15.3. The highest BCUT2D eigenvalue weighted by molar-refractivity contribution is 7.09. The maximum absolute atomic E-state index is 13.1. The smallest absolute Gasteiger partial charge is 0.327 e. The first-order valence-electron chi connectivity index (χ1n) is 9.35. The summed E-state index contributed by atoms with van der Waals surface area (Å²) < 4.78 is 0. The Kier molecular flexibility index (Phi) is 7.90. The minimum absolute atomic E-state index is 0.162. The molecular formula is C18H29N5O4S. The number of carboxylic acid groups (broad SMARTS) is 1. The van der Waals surface area contributed by atoms with Gasteiger partial charge in [0.15, 0.2) is 0 Å². The molecule has 3 N–H and O–H groups in total. The van der Waals surface area contributed by atoms with Gasteiger partial charge in [-0.25, -0.2) is 4.79 Å². The molecule has 0 saturated carbocycles. The number of aliphatic carboxylic acids is 1. The summed E-state index contributed by atoms with van der Waals surface area (Å²) in [5.74, 6) is -1.84. The Morgan fingerprint density at radius 3 is 2.57 bits per heavy atom. The molecule has 0 spiro atoms. The summed E-state index contributed by atoms with van der Waals surface area (Å²) >= 11 is 1.52. The predicted molar refractivity (Wildman–Crippen MR) is 106 cm³/mol. The summed E-state index contributed by atoms with van der Waals surface area (Å²) in [4.78, 5) is 45.7. The summed E-state index contributed by atoms with van der Waals surface area (Å²) in [6.07, 6.45) is 1.77. The highest BCUT2D eigenvalue weighted by atomic mass is 32.1. The van der Waals surface area contributed by atoms with Crippen LogP contribution in [0.2, 0.25) is 0 Å². The van der Waals surface area contributed by atoms with Crippen molar-refractivity contribution in [1.82, 2.24) is 25.4 Å². The van der Waals surface area contributed by atoms with E-state index in [-0.39, 0.29) is 24.3 Å². The van der Waals surface area contributed by atoms with Crippen LogP contribution in [-0.2, 0) is 20.9 Å². The van der Waals surface area contributed by atoms with E-state index in [0.29, 0.717) is 19.6 Å². The van der Waals surface area contributed by atoms with E-state index in [9.17, 15) is 19.5 Å². The Labute approximate surface area is 169 Å². The van der Waals surface area contributed by atoms with Gasteiger partial charge in [-0.05, 0) is 19.9 Å². The molecule has 0 bridgehead atoms. The van der Waals surface area contributed by atoms with Crippen LogP contribution in [0.25, 0.3) is 0 Å². The summed E-state index contributed by atoms with van der Waals surface area (Å²) in [5.41, 5.74) is 1.74. The topological polar surface area (TPSA) is 115 Å². The Morgan fingerprint density at radius 1 is 1.32 bits per heavy atom. The van der Waals surface area contributed by atoms with Gasteiger partial charge in [0.05, 0.1) is 11.6 Å². The van der Waals surface area contributed by atoms with Crippen molar-refractivity contribution in [3.05, 3.63) is 16.6 Å². The van der Waals surface area contributed by atoms with Gasteiger partial charge in [-0.1, -0.05) is 13.8 Å². The zero-order valence-corrected chi connectivity index (χ0v) is 17.5. The molecule has 0 aliphatic carbocycles. The zero-order chi connectivity index (χ0) is 20.8. The second-order valence-corrected chi connectivity index (χ2v) is 8.30. The second-order valence-electron chi connectivity index (χ2n) is 7.33. The van der Waals surface area contributed by atoms with Gasteiger partial charge >= 0.3 is 5.97 Å². The Balaban J connectivity index is 2.10. The third-order valence-corrected chi connectivity index (χ3v) is 5.72. The van der Waals surface area contributed by atoms with Gasteiger partial charge in [-0.2, -0.15) is 0 Å². The minimum Gasteiger partial charge on any atom is -0.480 e. The van der Waals surface area contributed by atoms with Gasteiger partial charge in [0.25, 0.3) is 0 Å². The van der Waals surface area contributed by atoms with Gasteiger partial charge in [-0.3, -0.25) is 19.5 Å². The lowest BCUT2D eigenvalue weighted by Crippen LogP contribution is -2.63. The van der Waals surface area contributed by atoms with Gasteiger partial charge in [-0.15, -0.1) is 11.3 Å². The quantitative estimate of drug-likeness (QED) is 0.551. The highest BCUT2D eigenvalue weighted by Crippen LogP contribution is 2.18. The molecule has 10 heteroatoms. The molecule has 0 aromatic carbocycles. The van der Waals surface area contributed by atoms with Gasteiger partial charge in [0.2, 0.25) is 11.8 Å². The van der Waals surface area contributed by atoms with Crippen molar-refractivity contribution in [2.24, 2.45) is 5.92 Å². The van der Waals surface area contributed by atoms with E-state index in [4.69, 9.17) is 0 Å². The molecule has 1 aromatic rings. The SMILES string of the molecule is CN[C@@H](C)C(=O)N[C@H](C(=O)N1CCN(Cc2cncs2)C[C@H]1C(=O)O)C(C)C. The molecule has 2 rings (SSSR count). The average molecular weight is 412 g/mol. The lowest BCUT2D eigenvalue weighted by molar-refractivity contribution is -0.155. The molecular weight excluding hydrogens is 382 g/mol. The Hall–Kier alpha value is -2.04. The van der Waals surface area contributed by atoms with E-state index in [2.05, 4.69) is 15.6 Å². The molecule has 1 saturated heterocycles. The molecule has 2 heterocycles. The molecule has 28 heavy (non-hydrogen) atoms. The molecule has 0 unspecified atom stereocenters. The predicted octanol–water partition coefficient (Wildman–Crippen LogP) is -0.0108. The Morgan fingerprint density at radius 2 is 2.04 bits per heavy atom. The number of likely N-dealkylation sites (N-methyl/N-ethyl adjacent to an activating group) is 1. The first-order chi connectivity index (χ1) is 13.2. The van der Waals surface area contributed by atoms with E-state index in [1.807, 2.05) is 18.7 Å². The molecule has 9 nitrogen and oxygen atoms in total. The zero-order valence-electron chi connectivity index (χ0n) is 16.7. The highest BCUT2D eigenvalue weighted by Gasteiger charge is 2.39. The monoisotopic (exact) mass is 411 g/mol. The van der Waals surface area contributed by atoms with Crippen LogP contribution in [0.4, 0.5) is 0 Å². The number of amides is 2. The molecule has 1 fully saturated rings. The molecule has 2 amide bonds. The maximum atomic E-state index is 13.1. The number of carbonyl (C=O) groups excluding carboxylic acids is 2. The Bertz CT molecular complexity index is 682. The van der Waals surface area contributed by atoms with Gasteiger partial charge < -0.3 is 20.6 Å². The van der Waals surface area contributed by atoms with Crippen LogP contribution in [0.15, 0.2) is 11.7 Å². The van der Waals surface area contributed by atoms with Crippen molar-refractivity contribution in [2.75, 3.05) is 26.7 Å². The standard InChI is InChI=1S/C18H29N5O4S/c1-11(2)15(21-16(24)12(3)19-4)17(25)23-6-5-22(9-14(23)18(26)27)8-13-7-20-10-28-13/h7,10-12,14-15,19H,5-6,8-9H2,1-4H3,(H,21,24)(H,26,27)/t12-,14-,15-/m0/s1. The number of nitrogens with zero attached hydrogens (tertiary/aromatic N) is 3. The molecule has 1 aliphatic rings. The van der Waals surface area contributed by atoms with Gasteiger partial charge in [0.1, 0.15) is 12.1 Å². The number of piperazine rings is 1. The number of hydrogen-bond acceptors (Lipinski definition) is 7. The fourth-order valence-electron chi connectivity index (χ4n) is 3.10. The second kappa shape index (κ2) is 9.94. The molecule has 0 radical (unpaired) electrons. The van der Waals surface area contributed by atoms with Crippen molar-refractivity contribution < 1.29 is 19.5 Å². The minimum atomic E-state index is -1.04. The largest absolute Gasteiger partial charge is 0.480 e. The van der Waals surface area contributed by atoms with Crippen molar-refractivity contribution in [2.45, 2.75) is 45.4 Å². The first-order valence-corrected chi connectivity index (χ1v) is 10.2. The van der Waals surface area contributed by atoms with Crippen LogP contribution in [0.3, 0.4) is 0 Å². The molecule has 1 aromatic heterocycles. The van der Waals surface area contributed by atoms with Crippen molar-refractivity contribution in [3.63, 3.8) is 0 Å². The van der Waals surface area contributed by atoms with Crippen LogP contribution in [0.1, 0.15) is 25.6 Å². The van der Waals surface area contributed by atoms with Crippen molar-refractivity contribution in [1.29, 1.82) is 0 Å². The number of carboxylic acids is 1. The fourth-order valence-corrected chi connectivity index (χ4v) is 3.74. The number of nitrogens with one attached hydrogen (secondary N) is 2. The number of rotatable bonds is 8. The summed E-state index contributed by atoms with van der Waals surface area (Å²) in [7, 11) is 1.67. The van der Waals surface area contributed by atoms with Crippen LogP contribution >= 0.6 is 11.3 Å². The molecule has 3 atom stereocenters. The van der Waals surface area contributed by atoms with Crippen molar-refractivity contribution >= 4 is 29.1 Å². The fraction of sp³-hybridized carbons (Fsp3) is 0.667. The number of thiazole rings is 1. The van der Waals surface area contributed by atoms with E-state index < -0.39 is 24.1 Å². The third-order valence-electron chi connectivity index (χ3n) is 4.95. The normalized spacial score (nSPS) is 20.0. The lowest BCUT2D eigenvalue weighted by Gasteiger charge is -2.41. The third kappa shape index (κ3) is 5.49. The summed E-state index contributed by atoms with van der Waals surface area (Å²) in [6.45, 7) is 7.10. The van der Waals surface area contributed by atoms with E-state index in [0.717, 1.165) is 4.88 Å². The van der Waals surface area contributed by atoms with E-state index in [1.165, 1.54) is 16.2 Å². The van der Waals surface area contributed by atoms with E-state index in [1.54, 1.807) is 25.7 Å².